The van der Waals surface area contributed by atoms with Crippen LogP contribution in [0.15, 0.2) is 24.3 Å². The van der Waals surface area contributed by atoms with Crippen molar-refractivity contribution >= 4 is 5.91 Å². The largest absolute Gasteiger partial charge is 0.497 e. The van der Waals surface area contributed by atoms with Crippen LogP contribution in [-0.2, 0) is 4.79 Å². The first-order valence-electron chi connectivity index (χ1n) is 8.97. The maximum absolute atomic E-state index is 12.7. The van der Waals surface area contributed by atoms with Crippen molar-refractivity contribution in [2.24, 2.45) is 0 Å². The number of carbonyl (C=O) groups excluding carboxylic acids is 1. The number of methoxy groups -OCH3 is 1. The van der Waals surface area contributed by atoms with E-state index < -0.39 is 0 Å². The number of likely N-dealkylation sites (tertiary alicyclic amines) is 2. The van der Waals surface area contributed by atoms with E-state index in [1.54, 1.807) is 7.11 Å². The number of nitrogens with zero attached hydrogens (tertiary/aromatic N) is 2. The monoisotopic (exact) mass is 332 g/mol. The summed E-state index contributed by atoms with van der Waals surface area (Å²) >= 11 is 0. The predicted octanol–water partition coefficient (Wildman–Crippen LogP) is 2.55. The number of hydrogen-bond donors (Lipinski definition) is 0. The van der Waals surface area contributed by atoms with E-state index in [-0.39, 0.29) is 12.1 Å². The highest BCUT2D eigenvalue weighted by molar-refractivity contribution is 5.82. The molecule has 1 aromatic carbocycles. The number of amides is 1. The number of piperidine rings is 2. The Kier molecular flexibility index (Phi) is 5.61. The summed E-state index contributed by atoms with van der Waals surface area (Å²) in [6, 6.07) is 7.78. The molecule has 1 aromatic rings. The number of ether oxygens (including phenoxy) is 2. The van der Waals surface area contributed by atoms with Crippen molar-refractivity contribution < 1.29 is 14.3 Å². The number of hydrogen-bond acceptors (Lipinski definition) is 4. The molecule has 2 heterocycles. The zero-order chi connectivity index (χ0) is 16.9. The first-order valence-corrected chi connectivity index (χ1v) is 8.97. The molecule has 0 aliphatic carbocycles. The molecule has 0 saturated carbocycles. The molecule has 0 bridgehead atoms. The minimum Gasteiger partial charge on any atom is -0.497 e. The van der Waals surface area contributed by atoms with Crippen LogP contribution in [0.4, 0.5) is 0 Å². The SMILES string of the molecule is COc1ccc(OC2CCN(C(=O)[C@@H]3CCCCN3C)CC2)cc1. The molecular weight excluding hydrogens is 304 g/mol. The minimum absolute atomic E-state index is 0.0813. The Hall–Kier alpha value is -1.75. The van der Waals surface area contributed by atoms with Gasteiger partial charge in [0.2, 0.25) is 5.91 Å². The highest BCUT2D eigenvalue weighted by Crippen LogP contribution is 2.23. The van der Waals surface area contributed by atoms with E-state index in [2.05, 4.69) is 11.9 Å². The third kappa shape index (κ3) is 4.01. The van der Waals surface area contributed by atoms with Gasteiger partial charge in [-0.05, 0) is 50.7 Å². The van der Waals surface area contributed by atoms with Crippen molar-refractivity contribution in [3.05, 3.63) is 24.3 Å². The van der Waals surface area contributed by atoms with Gasteiger partial charge in [-0.2, -0.15) is 0 Å². The van der Waals surface area contributed by atoms with Crippen molar-refractivity contribution in [2.75, 3.05) is 33.8 Å². The molecule has 2 saturated heterocycles. The lowest BCUT2D eigenvalue weighted by atomic mass is 10.00. The van der Waals surface area contributed by atoms with E-state index >= 15 is 0 Å². The molecular formula is C19H28N2O3. The average Bonchev–Trinajstić information content (AvgIpc) is 2.63. The molecule has 5 nitrogen and oxygen atoms in total. The van der Waals surface area contributed by atoms with Gasteiger partial charge in [-0.15, -0.1) is 0 Å². The van der Waals surface area contributed by atoms with Crippen LogP contribution < -0.4 is 9.47 Å². The van der Waals surface area contributed by atoms with Gasteiger partial charge in [0.05, 0.1) is 13.2 Å². The molecule has 132 valence electrons. The molecule has 0 spiro atoms. The van der Waals surface area contributed by atoms with Gasteiger partial charge in [-0.25, -0.2) is 0 Å². The van der Waals surface area contributed by atoms with Gasteiger partial charge in [-0.1, -0.05) is 6.42 Å². The van der Waals surface area contributed by atoms with Crippen LogP contribution in [0.3, 0.4) is 0 Å². The van der Waals surface area contributed by atoms with Crippen LogP contribution in [0.2, 0.25) is 0 Å². The predicted molar refractivity (Wildman–Crippen MR) is 93.5 cm³/mol. The highest BCUT2D eigenvalue weighted by atomic mass is 16.5. The number of rotatable bonds is 4. The van der Waals surface area contributed by atoms with Crippen LogP contribution in [-0.4, -0.2) is 61.6 Å². The Labute approximate surface area is 144 Å². The highest BCUT2D eigenvalue weighted by Gasteiger charge is 2.32. The molecule has 2 aliphatic heterocycles. The fourth-order valence-corrected chi connectivity index (χ4v) is 3.64. The molecule has 0 aromatic heterocycles. The van der Waals surface area contributed by atoms with Crippen LogP contribution in [0, 0.1) is 0 Å². The van der Waals surface area contributed by atoms with E-state index in [9.17, 15) is 4.79 Å². The van der Waals surface area contributed by atoms with Gasteiger partial charge < -0.3 is 14.4 Å². The minimum atomic E-state index is 0.0813. The number of likely N-dealkylation sites (N-methyl/N-ethyl adjacent to an activating group) is 1. The summed E-state index contributed by atoms with van der Waals surface area (Å²) in [5.74, 6) is 2.01. The fraction of sp³-hybridized carbons (Fsp3) is 0.632. The summed E-state index contributed by atoms with van der Waals surface area (Å²) in [6.07, 6.45) is 5.35. The second kappa shape index (κ2) is 7.88. The van der Waals surface area contributed by atoms with Crippen molar-refractivity contribution in [1.82, 2.24) is 9.80 Å². The summed E-state index contributed by atoms with van der Waals surface area (Å²) in [5, 5.41) is 0. The lowest BCUT2D eigenvalue weighted by Gasteiger charge is -2.38. The molecule has 3 rings (SSSR count). The second-order valence-corrected chi connectivity index (χ2v) is 6.81. The van der Waals surface area contributed by atoms with E-state index in [4.69, 9.17) is 9.47 Å². The summed E-state index contributed by atoms with van der Waals surface area (Å²) in [6.45, 7) is 2.63. The first-order chi connectivity index (χ1) is 11.7. The Bertz CT molecular complexity index is 538. The average molecular weight is 332 g/mol. The van der Waals surface area contributed by atoms with Gasteiger partial charge >= 0.3 is 0 Å². The Morgan fingerprint density at radius 1 is 1.00 bits per heavy atom. The standard InChI is InChI=1S/C19H28N2O3/c1-20-12-4-3-5-18(20)19(22)21-13-10-17(11-14-21)24-16-8-6-15(23-2)7-9-16/h6-9,17-18H,3-5,10-14H2,1-2H3/t18-/m0/s1. The quantitative estimate of drug-likeness (QED) is 0.850. The van der Waals surface area contributed by atoms with Crippen molar-refractivity contribution in [2.45, 2.75) is 44.2 Å². The first kappa shape index (κ1) is 17.1. The summed E-state index contributed by atoms with van der Waals surface area (Å²) in [5.41, 5.74) is 0. The van der Waals surface area contributed by atoms with E-state index in [0.717, 1.165) is 56.8 Å². The molecule has 2 fully saturated rings. The van der Waals surface area contributed by atoms with Crippen LogP contribution in [0.1, 0.15) is 32.1 Å². The smallest absolute Gasteiger partial charge is 0.239 e. The van der Waals surface area contributed by atoms with Gasteiger partial charge in [0.15, 0.2) is 0 Å². The second-order valence-electron chi connectivity index (χ2n) is 6.81. The summed E-state index contributed by atoms with van der Waals surface area (Å²) in [7, 11) is 3.73. The molecule has 1 atom stereocenters. The lowest BCUT2D eigenvalue weighted by Crippen LogP contribution is -2.52. The third-order valence-corrected chi connectivity index (χ3v) is 5.17. The molecule has 24 heavy (non-hydrogen) atoms. The Morgan fingerprint density at radius 2 is 1.67 bits per heavy atom. The van der Waals surface area contributed by atoms with Crippen molar-refractivity contribution in [3.8, 4) is 11.5 Å². The summed E-state index contributed by atoms with van der Waals surface area (Å²) < 4.78 is 11.2. The molecule has 2 aliphatic rings. The van der Waals surface area contributed by atoms with Gasteiger partial charge in [0, 0.05) is 25.9 Å². The lowest BCUT2D eigenvalue weighted by molar-refractivity contribution is -0.139. The topological polar surface area (TPSA) is 42.0 Å². The van der Waals surface area contributed by atoms with E-state index in [1.807, 2.05) is 29.2 Å². The van der Waals surface area contributed by atoms with Gasteiger partial charge in [0.25, 0.3) is 0 Å². The van der Waals surface area contributed by atoms with Crippen LogP contribution >= 0.6 is 0 Å². The van der Waals surface area contributed by atoms with Gasteiger partial charge in [0.1, 0.15) is 17.6 Å². The normalized spacial score (nSPS) is 23.1. The molecule has 1 amide bonds. The molecule has 0 N–H and O–H groups in total. The molecule has 0 unspecified atom stereocenters. The van der Waals surface area contributed by atoms with Crippen LogP contribution in [0.25, 0.3) is 0 Å². The zero-order valence-electron chi connectivity index (χ0n) is 14.7. The number of benzene rings is 1. The summed E-state index contributed by atoms with van der Waals surface area (Å²) in [4.78, 5) is 17.0. The molecule has 0 radical (unpaired) electrons. The molecule has 5 heteroatoms. The van der Waals surface area contributed by atoms with E-state index in [1.165, 1.54) is 6.42 Å². The maximum atomic E-state index is 12.7. The zero-order valence-corrected chi connectivity index (χ0v) is 14.7. The van der Waals surface area contributed by atoms with Crippen LogP contribution in [0.5, 0.6) is 11.5 Å². The maximum Gasteiger partial charge on any atom is 0.239 e. The Morgan fingerprint density at radius 3 is 2.29 bits per heavy atom. The van der Waals surface area contributed by atoms with Crippen molar-refractivity contribution in [3.63, 3.8) is 0 Å². The third-order valence-electron chi connectivity index (χ3n) is 5.17. The van der Waals surface area contributed by atoms with E-state index in [0.29, 0.717) is 5.91 Å². The number of carbonyl (C=O) groups is 1. The Balaban J connectivity index is 1.48. The van der Waals surface area contributed by atoms with Gasteiger partial charge in [-0.3, -0.25) is 9.69 Å². The fourth-order valence-electron chi connectivity index (χ4n) is 3.64. The van der Waals surface area contributed by atoms with Crippen molar-refractivity contribution in [1.29, 1.82) is 0 Å².